The van der Waals surface area contributed by atoms with E-state index in [1.165, 1.54) is 13.2 Å². The molecule has 1 atom stereocenters. The lowest BCUT2D eigenvalue weighted by molar-refractivity contribution is -0.173. The molecule has 2 N–H and O–H groups in total. The summed E-state index contributed by atoms with van der Waals surface area (Å²) in [6.07, 6.45) is -4.31. The van der Waals surface area contributed by atoms with Crippen molar-refractivity contribution in [1.82, 2.24) is 5.32 Å². The minimum Gasteiger partial charge on any atom is -0.507 e. The Bertz CT molecular complexity index is 424. The molecule has 0 aliphatic heterocycles. The quantitative estimate of drug-likeness (QED) is 0.759. The fourth-order valence-corrected chi connectivity index (χ4v) is 1.66. The van der Waals surface area contributed by atoms with Gasteiger partial charge >= 0.3 is 6.18 Å². The molecule has 0 heterocycles. The van der Waals surface area contributed by atoms with Gasteiger partial charge in [-0.15, -0.1) is 0 Å². The minimum absolute atomic E-state index is 0.0548. The molecular weight excluding hydrogens is 275 g/mol. The molecule has 20 heavy (non-hydrogen) atoms. The van der Waals surface area contributed by atoms with E-state index in [4.69, 9.17) is 4.74 Å². The van der Waals surface area contributed by atoms with Crippen molar-refractivity contribution in [2.75, 3.05) is 26.9 Å². The van der Waals surface area contributed by atoms with Crippen LogP contribution in [0.25, 0.3) is 0 Å². The SMILES string of the molecule is COc1ccc(C(C)NCCOCC(F)(F)F)c(O)c1. The molecule has 0 radical (unpaired) electrons. The molecule has 1 unspecified atom stereocenters. The molecular formula is C13H18F3NO3. The summed E-state index contributed by atoms with van der Waals surface area (Å²) in [5.41, 5.74) is 0.640. The van der Waals surface area contributed by atoms with E-state index >= 15 is 0 Å². The van der Waals surface area contributed by atoms with Crippen LogP contribution in [0.1, 0.15) is 18.5 Å². The molecule has 7 heteroatoms. The zero-order valence-corrected chi connectivity index (χ0v) is 11.3. The van der Waals surface area contributed by atoms with Gasteiger partial charge < -0.3 is 19.9 Å². The van der Waals surface area contributed by atoms with E-state index in [1.807, 2.05) is 0 Å². The topological polar surface area (TPSA) is 50.7 Å². The average molecular weight is 293 g/mol. The summed E-state index contributed by atoms with van der Waals surface area (Å²) in [6.45, 7) is 0.742. The number of hydrogen-bond donors (Lipinski definition) is 2. The second-order valence-corrected chi connectivity index (χ2v) is 4.27. The normalized spacial score (nSPS) is 13.2. The number of aromatic hydroxyl groups is 1. The van der Waals surface area contributed by atoms with Gasteiger partial charge in [0.1, 0.15) is 18.1 Å². The first-order valence-electron chi connectivity index (χ1n) is 6.08. The lowest BCUT2D eigenvalue weighted by Gasteiger charge is -2.16. The van der Waals surface area contributed by atoms with Crippen LogP contribution in [-0.2, 0) is 4.74 Å². The van der Waals surface area contributed by atoms with Crippen LogP contribution >= 0.6 is 0 Å². The van der Waals surface area contributed by atoms with Gasteiger partial charge in [0.15, 0.2) is 0 Å². The number of nitrogens with one attached hydrogen (secondary N) is 1. The van der Waals surface area contributed by atoms with Crippen molar-refractivity contribution in [2.45, 2.75) is 19.1 Å². The van der Waals surface area contributed by atoms with Crippen molar-refractivity contribution in [2.24, 2.45) is 0 Å². The summed E-state index contributed by atoms with van der Waals surface area (Å²) in [7, 11) is 1.49. The van der Waals surface area contributed by atoms with E-state index in [2.05, 4.69) is 10.1 Å². The maximum atomic E-state index is 11.8. The van der Waals surface area contributed by atoms with Crippen molar-refractivity contribution in [3.8, 4) is 11.5 Å². The van der Waals surface area contributed by atoms with Gasteiger partial charge in [-0.2, -0.15) is 13.2 Å². The molecule has 0 saturated heterocycles. The zero-order chi connectivity index (χ0) is 15.2. The number of hydrogen-bond acceptors (Lipinski definition) is 4. The highest BCUT2D eigenvalue weighted by molar-refractivity contribution is 5.41. The van der Waals surface area contributed by atoms with Gasteiger partial charge in [0, 0.05) is 24.2 Å². The van der Waals surface area contributed by atoms with Gasteiger partial charge in [-0.1, -0.05) is 6.07 Å². The Hall–Kier alpha value is -1.47. The van der Waals surface area contributed by atoms with Crippen LogP contribution < -0.4 is 10.1 Å². The van der Waals surface area contributed by atoms with E-state index in [1.54, 1.807) is 19.1 Å². The van der Waals surface area contributed by atoms with Gasteiger partial charge in [-0.05, 0) is 13.0 Å². The van der Waals surface area contributed by atoms with Crippen LogP contribution in [0.2, 0.25) is 0 Å². The fraction of sp³-hybridized carbons (Fsp3) is 0.538. The zero-order valence-electron chi connectivity index (χ0n) is 11.3. The van der Waals surface area contributed by atoms with Crippen molar-refractivity contribution >= 4 is 0 Å². The fourth-order valence-electron chi connectivity index (χ4n) is 1.66. The van der Waals surface area contributed by atoms with Gasteiger partial charge in [-0.3, -0.25) is 0 Å². The molecule has 0 aromatic heterocycles. The van der Waals surface area contributed by atoms with E-state index in [9.17, 15) is 18.3 Å². The van der Waals surface area contributed by atoms with Crippen molar-refractivity contribution in [1.29, 1.82) is 0 Å². The number of methoxy groups -OCH3 is 1. The summed E-state index contributed by atoms with van der Waals surface area (Å²) in [6, 6.07) is 4.67. The molecule has 1 aromatic carbocycles. The van der Waals surface area contributed by atoms with Crippen LogP contribution in [0.5, 0.6) is 11.5 Å². The predicted molar refractivity (Wildman–Crippen MR) is 68.0 cm³/mol. The van der Waals surface area contributed by atoms with E-state index in [-0.39, 0.29) is 24.9 Å². The van der Waals surface area contributed by atoms with E-state index < -0.39 is 12.8 Å². The lowest BCUT2D eigenvalue weighted by Crippen LogP contribution is -2.26. The maximum absolute atomic E-state index is 11.8. The number of phenols is 1. The van der Waals surface area contributed by atoms with Gasteiger partial charge in [0.2, 0.25) is 0 Å². The number of ether oxygens (including phenoxy) is 2. The van der Waals surface area contributed by atoms with Crippen LogP contribution in [0, 0.1) is 0 Å². The Morgan fingerprint density at radius 2 is 2.05 bits per heavy atom. The van der Waals surface area contributed by atoms with Gasteiger partial charge in [0.05, 0.1) is 13.7 Å². The van der Waals surface area contributed by atoms with E-state index in [0.717, 1.165) is 0 Å². The number of halogens is 3. The Morgan fingerprint density at radius 3 is 2.60 bits per heavy atom. The van der Waals surface area contributed by atoms with Crippen molar-refractivity contribution < 1.29 is 27.8 Å². The summed E-state index contributed by atoms with van der Waals surface area (Å²) in [5.74, 6) is 0.604. The van der Waals surface area contributed by atoms with Gasteiger partial charge in [0.25, 0.3) is 0 Å². The van der Waals surface area contributed by atoms with Crippen LogP contribution in [0.3, 0.4) is 0 Å². The molecule has 0 saturated carbocycles. The third-order valence-corrected chi connectivity index (χ3v) is 2.67. The standard InChI is InChI=1S/C13H18F3NO3/c1-9(17-5-6-20-8-13(14,15)16)11-4-3-10(19-2)7-12(11)18/h3-4,7,9,17-18H,5-6,8H2,1-2H3. The highest BCUT2D eigenvalue weighted by atomic mass is 19.4. The van der Waals surface area contributed by atoms with E-state index in [0.29, 0.717) is 11.3 Å². The third-order valence-electron chi connectivity index (χ3n) is 2.67. The molecule has 114 valence electrons. The van der Waals surface area contributed by atoms with Crippen molar-refractivity contribution in [3.05, 3.63) is 23.8 Å². The molecule has 0 spiro atoms. The second kappa shape index (κ2) is 7.35. The summed E-state index contributed by atoms with van der Waals surface area (Å²) >= 11 is 0. The first kappa shape index (κ1) is 16.6. The maximum Gasteiger partial charge on any atom is 0.411 e. The number of phenolic OH excluding ortho intramolecular Hbond substituents is 1. The van der Waals surface area contributed by atoms with Crippen LogP contribution in [0.4, 0.5) is 13.2 Å². The highest BCUT2D eigenvalue weighted by Gasteiger charge is 2.27. The predicted octanol–water partition coefficient (Wildman–Crippen LogP) is 2.63. The second-order valence-electron chi connectivity index (χ2n) is 4.27. The van der Waals surface area contributed by atoms with Crippen molar-refractivity contribution in [3.63, 3.8) is 0 Å². The average Bonchev–Trinajstić information content (AvgIpc) is 2.36. The monoisotopic (exact) mass is 293 g/mol. The lowest BCUT2D eigenvalue weighted by atomic mass is 10.1. The van der Waals surface area contributed by atoms with Gasteiger partial charge in [-0.25, -0.2) is 0 Å². The Labute approximate surface area is 115 Å². The summed E-state index contributed by atoms with van der Waals surface area (Å²) in [4.78, 5) is 0. The Kier molecular flexibility index (Phi) is 6.09. The van der Waals surface area contributed by atoms with Crippen LogP contribution in [0.15, 0.2) is 18.2 Å². The molecule has 1 aromatic rings. The molecule has 1 rings (SSSR count). The van der Waals surface area contributed by atoms with Crippen LogP contribution in [-0.4, -0.2) is 38.2 Å². The number of rotatable bonds is 7. The molecule has 0 aliphatic rings. The number of benzene rings is 1. The first-order chi connectivity index (χ1) is 9.33. The highest BCUT2D eigenvalue weighted by Crippen LogP contribution is 2.28. The molecule has 0 fully saturated rings. The summed E-state index contributed by atoms with van der Waals surface area (Å²) in [5, 5.41) is 12.8. The largest absolute Gasteiger partial charge is 0.507 e. The molecule has 0 amide bonds. The molecule has 4 nitrogen and oxygen atoms in total. The minimum atomic E-state index is -4.31. The summed E-state index contributed by atoms with van der Waals surface area (Å²) < 4.78 is 45.0. The molecule has 0 aliphatic carbocycles. The Balaban J connectivity index is 2.38. The molecule has 0 bridgehead atoms. The third kappa shape index (κ3) is 5.66. The smallest absolute Gasteiger partial charge is 0.411 e. The Morgan fingerprint density at radius 1 is 1.35 bits per heavy atom. The first-order valence-corrected chi connectivity index (χ1v) is 6.08. The number of alkyl halides is 3.